The summed E-state index contributed by atoms with van der Waals surface area (Å²) in [5, 5.41) is 12.2. The van der Waals surface area contributed by atoms with E-state index in [4.69, 9.17) is 11.6 Å². The lowest BCUT2D eigenvalue weighted by atomic mass is 10.00. The summed E-state index contributed by atoms with van der Waals surface area (Å²) < 4.78 is 0. The van der Waals surface area contributed by atoms with Crippen LogP contribution in [0.2, 0.25) is 0 Å². The molecule has 1 unspecified atom stereocenters. The van der Waals surface area contributed by atoms with E-state index in [9.17, 15) is 9.90 Å². The Morgan fingerprint density at radius 1 is 1.47 bits per heavy atom. The first kappa shape index (κ1) is 13.8. The van der Waals surface area contributed by atoms with E-state index in [0.717, 1.165) is 5.56 Å². The van der Waals surface area contributed by atoms with Gasteiger partial charge in [0.1, 0.15) is 5.75 Å². The van der Waals surface area contributed by atoms with Crippen LogP contribution < -0.4 is 5.32 Å². The number of aryl methyl sites for hydroxylation is 1. The number of carbonyl (C=O) groups excluding carboxylic acids is 1. The van der Waals surface area contributed by atoms with Gasteiger partial charge >= 0.3 is 0 Å². The standard InChI is InChI=1S/C13H18ClNO2/c1-8-5-6-11(16)10(7-8)12(17)15-13(3,4)9(2)14/h5-7,9,16H,1-4H3,(H,15,17). The van der Waals surface area contributed by atoms with Gasteiger partial charge in [-0.15, -0.1) is 11.6 Å². The van der Waals surface area contributed by atoms with Gasteiger partial charge in [-0.3, -0.25) is 4.79 Å². The molecule has 4 heteroatoms. The molecule has 1 amide bonds. The van der Waals surface area contributed by atoms with E-state index in [1.807, 2.05) is 27.7 Å². The monoisotopic (exact) mass is 255 g/mol. The maximum Gasteiger partial charge on any atom is 0.255 e. The van der Waals surface area contributed by atoms with Crippen LogP contribution in [0.5, 0.6) is 5.75 Å². The van der Waals surface area contributed by atoms with E-state index in [-0.39, 0.29) is 22.6 Å². The SMILES string of the molecule is Cc1ccc(O)c(C(=O)NC(C)(C)C(C)Cl)c1. The molecule has 0 radical (unpaired) electrons. The number of halogens is 1. The van der Waals surface area contributed by atoms with Crippen molar-refractivity contribution in [2.45, 2.75) is 38.6 Å². The maximum absolute atomic E-state index is 12.0. The molecule has 0 saturated carbocycles. The molecule has 0 aliphatic carbocycles. The fraction of sp³-hybridized carbons (Fsp3) is 0.462. The number of rotatable bonds is 3. The highest BCUT2D eigenvalue weighted by atomic mass is 35.5. The summed E-state index contributed by atoms with van der Waals surface area (Å²) in [6.45, 7) is 7.37. The first-order valence-electron chi connectivity index (χ1n) is 5.50. The molecule has 2 N–H and O–H groups in total. The molecule has 0 aromatic heterocycles. The van der Waals surface area contributed by atoms with Crippen LogP contribution in [-0.2, 0) is 0 Å². The Kier molecular flexibility index (Phi) is 4.04. The minimum Gasteiger partial charge on any atom is -0.507 e. The molecule has 0 bridgehead atoms. The maximum atomic E-state index is 12.0. The Bertz CT molecular complexity index is 427. The molecule has 0 fully saturated rings. The van der Waals surface area contributed by atoms with E-state index >= 15 is 0 Å². The number of alkyl halides is 1. The number of carbonyl (C=O) groups is 1. The molecule has 0 aliphatic heterocycles. The van der Waals surface area contributed by atoms with Crippen LogP contribution in [-0.4, -0.2) is 21.9 Å². The molecule has 0 aliphatic rings. The van der Waals surface area contributed by atoms with Crippen molar-refractivity contribution in [3.05, 3.63) is 29.3 Å². The predicted octanol–water partition coefficient (Wildman–Crippen LogP) is 2.84. The molecule has 0 spiro atoms. The van der Waals surface area contributed by atoms with Crippen molar-refractivity contribution in [2.75, 3.05) is 0 Å². The van der Waals surface area contributed by atoms with E-state index in [1.165, 1.54) is 6.07 Å². The molecule has 1 rings (SSSR count). The second-order valence-corrected chi connectivity index (χ2v) is 5.47. The molecule has 0 heterocycles. The van der Waals surface area contributed by atoms with Gasteiger partial charge in [0.25, 0.3) is 5.91 Å². The minimum atomic E-state index is -0.533. The van der Waals surface area contributed by atoms with Crippen LogP contribution in [0.4, 0.5) is 0 Å². The zero-order chi connectivity index (χ0) is 13.2. The first-order valence-corrected chi connectivity index (χ1v) is 5.94. The summed E-state index contributed by atoms with van der Waals surface area (Å²) in [5.41, 5.74) is 0.662. The molecule has 0 saturated heterocycles. The van der Waals surface area contributed by atoms with Crippen molar-refractivity contribution in [1.29, 1.82) is 0 Å². The fourth-order valence-electron chi connectivity index (χ4n) is 1.29. The summed E-state index contributed by atoms with van der Waals surface area (Å²) >= 11 is 5.99. The highest BCUT2D eigenvalue weighted by Crippen LogP contribution is 2.21. The zero-order valence-electron chi connectivity index (χ0n) is 10.5. The van der Waals surface area contributed by atoms with Gasteiger partial charge in [-0.2, -0.15) is 0 Å². The van der Waals surface area contributed by atoms with Crippen molar-refractivity contribution < 1.29 is 9.90 Å². The van der Waals surface area contributed by atoms with Crippen molar-refractivity contribution in [2.24, 2.45) is 0 Å². The summed E-state index contributed by atoms with van der Waals surface area (Å²) in [7, 11) is 0. The lowest BCUT2D eigenvalue weighted by Gasteiger charge is -2.29. The topological polar surface area (TPSA) is 49.3 Å². The summed E-state index contributed by atoms with van der Waals surface area (Å²) in [6.07, 6.45) is 0. The Morgan fingerprint density at radius 2 is 2.06 bits per heavy atom. The van der Waals surface area contributed by atoms with E-state index < -0.39 is 5.54 Å². The van der Waals surface area contributed by atoms with Crippen molar-refractivity contribution in [1.82, 2.24) is 5.32 Å². The summed E-state index contributed by atoms with van der Waals surface area (Å²) in [4.78, 5) is 12.0. The number of aromatic hydroxyl groups is 1. The molecule has 17 heavy (non-hydrogen) atoms. The van der Waals surface area contributed by atoms with E-state index in [1.54, 1.807) is 12.1 Å². The van der Waals surface area contributed by atoms with Crippen LogP contribution in [0.3, 0.4) is 0 Å². The Hall–Kier alpha value is -1.22. The van der Waals surface area contributed by atoms with Crippen molar-refractivity contribution in [3.8, 4) is 5.75 Å². The normalized spacial score (nSPS) is 13.2. The van der Waals surface area contributed by atoms with Gasteiger partial charge in [0.05, 0.1) is 16.5 Å². The lowest BCUT2D eigenvalue weighted by Crippen LogP contribution is -2.49. The second kappa shape index (κ2) is 4.96. The van der Waals surface area contributed by atoms with E-state index in [2.05, 4.69) is 5.32 Å². The molecular formula is C13H18ClNO2. The first-order chi connectivity index (χ1) is 7.74. The van der Waals surface area contributed by atoms with Gasteiger partial charge in [0.2, 0.25) is 0 Å². The van der Waals surface area contributed by atoms with Crippen LogP contribution in [0.25, 0.3) is 0 Å². The molecule has 3 nitrogen and oxygen atoms in total. The van der Waals surface area contributed by atoms with Gasteiger partial charge in [0, 0.05) is 0 Å². The van der Waals surface area contributed by atoms with Gasteiger partial charge < -0.3 is 10.4 Å². The third kappa shape index (κ3) is 3.37. The molecule has 1 aromatic rings. The average molecular weight is 256 g/mol. The fourth-order valence-corrected chi connectivity index (χ4v) is 1.35. The van der Waals surface area contributed by atoms with Crippen LogP contribution in [0.1, 0.15) is 36.7 Å². The minimum absolute atomic E-state index is 0.0221. The van der Waals surface area contributed by atoms with Crippen molar-refractivity contribution >= 4 is 17.5 Å². The number of amides is 1. The molecule has 94 valence electrons. The number of phenols is 1. The smallest absolute Gasteiger partial charge is 0.255 e. The van der Waals surface area contributed by atoms with Gasteiger partial charge in [-0.05, 0) is 39.8 Å². The highest BCUT2D eigenvalue weighted by molar-refractivity contribution is 6.21. The summed E-state index contributed by atoms with van der Waals surface area (Å²) in [6, 6.07) is 4.92. The Balaban J connectivity index is 2.94. The van der Waals surface area contributed by atoms with Crippen LogP contribution >= 0.6 is 11.6 Å². The lowest BCUT2D eigenvalue weighted by molar-refractivity contribution is 0.0909. The largest absolute Gasteiger partial charge is 0.507 e. The third-order valence-corrected chi connectivity index (χ3v) is 3.37. The number of phenolic OH excluding ortho intramolecular Hbond substituents is 1. The number of nitrogens with one attached hydrogen (secondary N) is 1. The molecular weight excluding hydrogens is 238 g/mol. The van der Waals surface area contributed by atoms with Gasteiger partial charge in [0.15, 0.2) is 0 Å². The zero-order valence-corrected chi connectivity index (χ0v) is 11.3. The Labute approximate surface area is 107 Å². The van der Waals surface area contributed by atoms with Crippen LogP contribution in [0, 0.1) is 6.92 Å². The number of hydrogen-bond donors (Lipinski definition) is 2. The number of hydrogen-bond acceptors (Lipinski definition) is 2. The predicted molar refractivity (Wildman–Crippen MR) is 69.7 cm³/mol. The van der Waals surface area contributed by atoms with Crippen LogP contribution in [0.15, 0.2) is 18.2 Å². The Morgan fingerprint density at radius 3 is 2.59 bits per heavy atom. The molecule has 1 aromatic carbocycles. The third-order valence-electron chi connectivity index (χ3n) is 2.83. The van der Waals surface area contributed by atoms with Crippen molar-refractivity contribution in [3.63, 3.8) is 0 Å². The van der Waals surface area contributed by atoms with E-state index in [0.29, 0.717) is 0 Å². The quantitative estimate of drug-likeness (QED) is 0.816. The molecule has 1 atom stereocenters. The second-order valence-electron chi connectivity index (χ2n) is 4.81. The van der Waals surface area contributed by atoms with Gasteiger partial charge in [-0.1, -0.05) is 11.6 Å². The van der Waals surface area contributed by atoms with Gasteiger partial charge in [-0.25, -0.2) is 0 Å². The average Bonchev–Trinajstić information content (AvgIpc) is 2.20. The number of benzene rings is 1. The highest BCUT2D eigenvalue weighted by Gasteiger charge is 2.27. The summed E-state index contributed by atoms with van der Waals surface area (Å²) in [5.74, 6) is -0.338.